The summed E-state index contributed by atoms with van der Waals surface area (Å²) in [5.41, 5.74) is 6.59. The minimum absolute atomic E-state index is 0.301. The Morgan fingerprint density at radius 3 is 2.77 bits per heavy atom. The highest BCUT2D eigenvalue weighted by molar-refractivity contribution is 5.68. The molecule has 1 fully saturated rings. The number of benzene rings is 1. The molecule has 0 bridgehead atoms. The monoisotopic (exact) mass is 302 g/mol. The highest BCUT2D eigenvalue weighted by Gasteiger charge is 2.21. The molecule has 1 atom stereocenters. The van der Waals surface area contributed by atoms with Crippen LogP contribution >= 0.6 is 0 Å². The molecular weight excluding hydrogens is 283 g/mol. The predicted molar refractivity (Wildman–Crippen MR) is 83.5 cm³/mol. The third kappa shape index (κ3) is 3.10. The topological polar surface area (TPSA) is 64.3 Å². The number of halogens is 1. The van der Waals surface area contributed by atoms with Gasteiger partial charge in [0, 0.05) is 13.1 Å². The molecule has 2 N–H and O–H groups in total. The van der Waals surface area contributed by atoms with Crippen LogP contribution in [-0.2, 0) is 0 Å². The van der Waals surface area contributed by atoms with E-state index in [1.54, 1.807) is 12.1 Å². The number of aromatic nitrogens is 2. The standard InChI is InChI=1S/C16H19FN4O/c1-11-3-2-8-21(9-11)15-14(18)16(20-10-19-15)22-13-6-4-12(17)5-7-13/h4-7,10-11H,2-3,8-9,18H2,1H3/t11-/m0/s1. The van der Waals surface area contributed by atoms with Gasteiger partial charge in [0.05, 0.1) is 0 Å². The fourth-order valence-electron chi connectivity index (χ4n) is 2.70. The molecule has 6 heteroatoms. The Morgan fingerprint density at radius 2 is 2.05 bits per heavy atom. The molecule has 2 heterocycles. The van der Waals surface area contributed by atoms with Crippen LogP contribution in [0.3, 0.4) is 0 Å². The van der Waals surface area contributed by atoms with E-state index in [0.29, 0.717) is 29.1 Å². The van der Waals surface area contributed by atoms with Gasteiger partial charge in [-0.15, -0.1) is 0 Å². The van der Waals surface area contributed by atoms with E-state index in [9.17, 15) is 4.39 Å². The van der Waals surface area contributed by atoms with Crippen molar-refractivity contribution in [1.29, 1.82) is 0 Å². The first-order valence-corrected chi connectivity index (χ1v) is 7.42. The van der Waals surface area contributed by atoms with Gasteiger partial charge in [-0.2, -0.15) is 4.98 Å². The third-order valence-corrected chi connectivity index (χ3v) is 3.81. The van der Waals surface area contributed by atoms with Crippen molar-refractivity contribution < 1.29 is 9.13 Å². The smallest absolute Gasteiger partial charge is 0.248 e. The number of ether oxygens (including phenoxy) is 1. The van der Waals surface area contributed by atoms with Gasteiger partial charge in [-0.1, -0.05) is 6.92 Å². The quantitative estimate of drug-likeness (QED) is 0.943. The van der Waals surface area contributed by atoms with Gasteiger partial charge in [-0.05, 0) is 43.0 Å². The SMILES string of the molecule is C[C@H]1CCCN(c2ncnc(Oc3ccc(F)cc3)c2N)C1. The molecule has 116 valence electrons. The second kappa shape index (κ2) is 6.17. The number of rotatable bonds is 3. The van der Waals surface area contributed by atoms with Crippen LogP contribution in [-0.4, -0.2) is 23.1 Å². The van der Waals surface area contributed by atoms with Crippen LogP contribution < -0.4 is 15.4 Å². The van der Waals surface area contributed by atoms with E-state index in [-0.39, 0.29) is 5.82 Å². The van der Waals surface area contributed by atoms with Gasteiger partial charge in [-0.3, -0.25) is 0 Å². The summed E-state index contributed by atoms with van der Waals surface area (Å²) in [5, 5.41) is 0. The van der Waals surface area contributed by atoms with Crippen LogP contribution in [0.1, 0.15) is 19.8 Å². The zero-order chi connectivity index (χ0) is 15.5. The average Bonchev–Trinajstić information content (AvgIpc) is 2.51. The Morgan fingerprint density at radius 1 is 1.27 bits per heavy atom. The van der Waals surface area contributed by atoms with Crippen molar-refractivity contribution in [2.45, 2.75) is 19.8 Å². The Labute approximate surface area is 128 Å². The van der Waals surface area contributed by atoms with Gasteiger partial charge >= 0.3 is 0 Å². The van der Waals surface area contributed by atoms with E-state index in [4.69, 9.17) is 10.5 Å². The lowest BCUT2D eigenvalue weighted by molar-refractivity contribution is 0.441. The fourth-order valence-corrected chi connectivity index (χ4v) is 2.70. The van der Waals surface area contributed by atoms with E-state index >= 15 is 0 Å². The summed E-state index contributed by atoms with van der Waals surface area (Å²) in [6.07, 6.45) is 3.79. The zero-order valence-corrected chi connectivity index (χ0v) is 12.5. The van der Waals surface area contributed by atoms with Crippen molar-refractivity contribution in [3.63, 3.8) is 0 Å². The highest BCUT2D eigenvalue weighted by Crippen LogP contribution is 2.33. The van der Waals surface area contributed by atoms with E-state index in [0.717, 1.165) is 19.5 Å². The first-order valence-electron chi connectivity index (χ1n) is 7.42. The summed E-state index contributed by atoms with van der Waals surface area (Å²) in [5.74, 6) is 1.80. The molecular formula is C16H19FN4O. The zero-order valence-electron chi connectivity index (χ0n) is 12.5. The summed E-state index contributed by atoms with van der Waals surface area (Å²) >= 11 is 0. The lowest BCUT2D eigenvalue weighted by Gasteiger charge is -2.32. The number of nitrogens with two attached hydrogens (primary N) is 1. The molecule has 1 aliphatic heterocycles. The maximum absolute atomic E-state index is 12.9. The van der Waals surface area contributed by atoms with Gasteiger partial charge in [0.15, 0.2) is 5.82 Å². The van der Waals surface area contributed by atoms with Gasteiger partial charge in [0.1, 0.15) is 23.6 Å². The molecule has 3 rings (SSSR count). The molecule has 2 aromatic rings. The van der Waals surface area contributed by atoms with E-state index in [1.165, 1.54) is 24.9 Å². The molecule has 1 saturated heterocycles. The molecule has 0 aliphatic carbocycles. The van der Waals surface area contributed by atoms with Gasteiger partial charge < -0.3 is 15.4 Å². The van der Waals surface area contributed by atoms with Crippen molar-refractivity contribution in [3.8, 4) is 11.6 Å². The normalized spacial score (nSPS) is 18.3. The fraction of sp³-hybridized carbons (Fsp3) is 0.375. The molecule has 1 aromatic carbocycles. The number of nitrogen functional groups attached to an aromatic ring is 1. The van der Waals surface area contributed by atoms with Crippen molar-refractivity contribution in [2.24, 2.45) is 5.92 Å². The largest absolute Gasteiger partial charge is 0.437 e. The lowest BCUT2D eigenvalue weighted by atomic mass is 10.0. The summed E-state index contributed by atoms with van der Waals surface area (Å²) in [6.45, 7) is 4.08. The van der Waals surface area contributed by atoms with Crippen molar-refractivity contribution in [3.05, 3.63) is 36.4 Å². The minimum atomic E-state index is -0.314. The molecule has 1 aliphatic rings. The van der Waals surface area contributed by atoms with Gasteiger partial charge in [0.2, 0.25) is 5.88 Å². The van der Waals surface area contributed by atoms with E-state index in [2.05, 4.69) is 21.8 Å². The van der Waals surface area contributed by atoms with Crippen LogP contribution in [0.2, 0.25) is 0 Å². The molecule has 0 saturated carbocycles. The third-order valence-electron chi connectivity index (χ3n) is 3.81. The maximum atomic E-state index is 12.9. The summed E-state index contributed by atoms with van der Waals surface area (Å²) < 4.78 is 18.6. The number of hydrogen-bond donors (Lipinski definition) is 1. The Balaban J connectivity index is 1.83. The second-order valence-electron chi connectivity index (χ2n) is 5.67. The molecule has 0 amide bonds. The number of anilines is 2. The molecule has 0 radical (unpaired) electrons. The Kier molecular flexibility index (Phi) is 4.09. The maximum Gasteiger partial charge on any atom is 0.248 e. The number of piperidine rings is 1. The van der Waals surface area contributed by atoms with Crippen molar-refractivity contribution in [1.82, 2.24) is 9.97 Å². The van der Waals surface area contributed by atoms with Crippen LogP contribution in [0.5, 0.6) is 11.6 Å². The van der Waals surface area contributed by atoms with Crippen LogP contribution in [0.4, 0.5) is 15.9 Å². The van der Waals surface area contributed by atoms with Gasteiger partial charge in [0.25, 0.3) is 0 Å². The highest BCUT2D eigenvalue weighted by atomic mass is 19.1. The molecule has 1 aromatic heterocycles. The molecule has 0 spiro atoms. The van der Waals surface area contributed by atoms with Gasteiger partial charge in [-0.25, -0.2) is 9.37 Å². The van der Waals surface area contributed by atoms with Crippen LogP contribution in [0.15, 0.2) is 30.6 Å². The first kappa shape index (κ1) is 14.6. The molecule has 0 unspecified atom stereocenters. The van der Waals surface area contributed by atoms with Crippen molar-refractivity contribution in [2.75, 3.05) is 23.7 Å². The first-order chi connectivity index (χ1) is 10.6. The predicted octanol–water partition coefficient (Wildman–Crippen LogP) is 3.23. The average molecular weight is 302 g/mol. The summed E-state index contributed by atoms with van der Waals surface area (Å²) in [4.78, 5) is 10.6. The van der Waals surface area contributed by atoms with Crippen molar-refractivity contribution >= 4 is 11.5 Å². The van der Waals surface area contributed by atoms with Crippen LogP contribution in [0, 0.1) is 11.7 Å². The number of nitrogens with zero attached hydrogens (tertiary/aromatic N) is 3. The second-order valence-corrected chi connectivity index (χ2v) is 5.67. The Hall–Kier alpha value is -2.37. The lowest BCUT2D eigenvalue weighted by Crippen LogP contribution is -2.35. The molecule has 22 heavy (non-hydrogen) atoms. The summed E-state index contributed by atoms with van der Waals surface area (Å²) in [6, 6.07) is 5.75. The number of hydrogen-bond acceptors (Lipinski definition) is 5. The van der Waals surface area contributed by atoms with E-state index in [1.807, 2.05) is 0 Å². The minimum Gasteiger partial charge on any atom is -0.437 e. The Bertz CT molecular complexity index is 647. The molecule has 5 nitrogen and oxygen atoms in total. The van der Waals surface area contributed by atoms with Crippen LogP contribution in [0.25, 0.3) is 0 Å². The van der Waals surface area contributed by atoms with E-state index < -0.39 is 0 Å². The summed E-state index contributed by atoms with van der Waals surface area (Å²) in [7, 11) is 0.